The van der Waals surface area contributed by atoms with Gasteiger partial charge < -0.3 is 5.73 Å². The van der Waals surface area contributed by atoms with E-state index in [1.165, 1.54) is 5.56 Å². The molecule has 60 valence electrons. The van der Waals surface area contributed by atoms with Gasteiger partial charge in [0.05, 0.1) is 0 Å². The van der Waals surface area contributed by atoms with Crippen LogP contribution in [0.3, 0.4) is 0 Å². The van der Waals surface area contributed by atoms with Crippen molar-refractivity contribution in [3.8, 4) is 0 Å². The third kappa shape index (κ3) is 1.95. The van der Waals surface area contributed by atoms with Gasteiger partial charge in [0.15, 0.2) is 0 Å². The van der Waals surface area contributed by atoms with Gasteiger partial charge in [-0.2, -0.15) is 0 Å². The van der Waals surface area contributed by atoms with Crippen molar-refractivity contribution < 1.29 is 0 Å². The molecule has 0 spiro atoms. The fourth-order valence-electron chi connectivity index (χ4n) is 1.01. The van der Waals surface area contributed by atoms with Gasteiger partial charge in [0.2, 0.25) is 0 Å². The van der Waals surface area contributed by atoms with Crippen LogP contribution in [0.5, 0.6) is 0 Å². The molecule has 0 saturated carbocycles. The Morgan fingerprint density at radius 2 is 2.09 bits per heavy atom. The highest BCUT2D eigenvalue weighted by Crippen LogP contribution is 2.21. The van der Waals surface area contributed by atoms with Crippen LogP contribution in [0.1, 0.15) is 24.1 Å². The first-order valence-corrected chi connectivity index (χ1v) is 4.00. The quantitative estimate of drug-likeness (QED) is 0.688. The Morgan fingerprint density at radius 1 is 1.45 bits per heavy atom. The predicted octanol–water partition coefficient (Wildman–Crippen LogP) is 2.67. The predicted molar refractivity (Wildman–Crippen MR) is 48.8 cm³/mol. The molecule has 0 aliphatic carbocycles. The lowest BCUT2D eigenvalue weighted by Gasteiger charge is -2.08. The van der Waals surface area contributed by atoms with Gasteiger partial charge in [-0.15, -0.1) is 0 Å². The Bertz CT molecular complexity index is 256. The lowest BCUT2D eigenvalue weighted by Crippen LogP contribution is -2.05. The molecule has 0 saturated heterocycles. The Kier molecular flexibility index (Phi) is 2.53. The van der Waals surface area contributed by atoms with Crippen LogP contribution in [0.4, 0.5) is 0 Å². The highest BCUT2D eigenvalue weighted by Gasteiger charge is 2.03. The fraction of sp³-hybridized carbons (Fsp3) is 0.333. The Labute approximate surface area is 72.2 Å². The molecular formula is C9H12ClN. The van der Waals surface area contributed by atoms with Crippen molar-refractivity contribution >= 4 is 11.6 Å². The van der Waals surface area contributed by atoms with E-state index >= 15 is 0 Å². The zero-order valence-corrected chi connectivity index (χ0v) is 7.52. The summed E-state index contributed by atoms with van der Waals surface area (Å²) >= 11 is 5.91. The monoisotopic (exact) mass is 169 g/mol. The zero-order chi connectivity index (χ0) is 8.43. The lowest BCUT2D eigenvalue weighted by atomic mass is 10.1. The van der Waals surface area contributed by atoms with E-state index in [-0.39, 0.29) is 6.04 Å². The average Bonchev–Trinajstić information content (AvgIpc) is 1.94. The van der Waals surface area contributed by atoms with Gasteiger partial charge in [-0.1, -0.05) is 29.3 Å². The van der Waals surface area contributed by atoms with E-state index in [1.807, 2.05) is 32.0 Å². The normalized spacial score (nSPS) is 13.1. The molecule has 0 amide bonds. The SMILES string of the molecule is Cc1ccc(Cl)c([C@@H](C)N)c1. The van der Waals surface area contributed by atoms with Crippen LogP contribution in [0.25, 0.3) is 0 Å². The number of aryl methyl sites for hydroxylation is 1. The van der Waals surface area contributed by atoms with Crippen LogP contribution in [-0.4, -0.2) is 0 Å². The molecule has 1 aromatic rings. The molecule has 1 rings (SSSR count). The maximum Gasteiger partial charge on any atom is 0.0453 e. The summed E-state index contributed by atoms with van der Waals surface area (Å²) in [6.07, 6.45) is 0. The number of halogens is 1. The van der Waals surface area contributed by atoms with Gasteiger partial charge in [0, 0.05) is 11.1 Å². The summed E-state index contributed by atoms with van der Waals surface area (Å²) in [5, 5.41) is 0.755. The first-order chi connectivity index (χ1) is 5.11. The van der Waals surface area contributed by atoms with Gasteiger partial charge in [-0.05, 0) is 25.5 Å². The van der Waals surface area contributed by atoms with Gasteiger partial charge in [-0.25, -0.2) is 0 Å². The molecule has 0 aromatic heterocycles. The summed E-state index contributed by atoms with van der Waals surface area (Å²) in [4.78, 5) is 0. The number of nitrogens with two attached hydrogens (primary N) is 1. The molecule has 0 bridgehead atoms. The number of hydrogen-bond donors (Lipinski definition) is 1. The van der Waals surface area contributed by atoms with Crippen molar-refractivity contribution in [1.29, 1.82) is 0 Å². The molecule has 0 aliphatic heterocycles. The molecule has 0 radical (unpaired) electrons. The van der Waals surface area contributed by atoms with Crippen LogP contribution >= 0.6 is 11.6 Å². The highest BCUT2D eigenvalue weighted by atomic mass is 35.5. The zero-order valence-electron chi connectivity index (χ0n) is 6.76. The Balaban J connectivity index is 3.13. The summed E-state index contributed by atoms with van der Waals surface area (Å²) in [6.45, 7) is 3.96. The highest BCUT2D eigenvalue weighted by molar-refractivity contribution is 6.31. The minimum Gasteiger partial charge on any atom is -0.324 e. The maximum atomic E-state index is 5.91. The first kappa shape index (κ1) is 8.57. The van der Waals surface area contributed by atoms with Crippen LogP contribution in [-0.2, 0) is 0 Å². The van der Waals surface area contributed by atoms with Crippen LogP contribution in [0.2, 0.25) is 5.02 Å². The van der Waals surface area contributed by atoms with E-state index in [1.54, 1.807) is 0 Å². The van der Waals surface area contributed by atoms with Crippen molar-refractivity contribution in [3.63, 3.8) is 0 Å². The smallest absolute Gasteiger partial charge is 0.0453 e. The van der Waals surface area contributed by atoms with Crippen molar-refractivity contribution in [2.24, 2.45) is 5.73 Å². The van der Waals surface area contributed by atoms with E-state index < -0.39 is 0 Å². The lowest BCUT2D eigenvalue weighted by molar-refractivity contribution is 0.817. The van der Waals surface area contributed by atoms with Gasteiger partial charge in [0.1, 0.15) is 0 Å². The molecule has 2 heteroatoms. The van der Waals surface area contributed by atoms with E-state index in [2.05, 4.69) is 0 Å². The van der Waals surface area contributed by atoms with Gasteiger partial charge in [-0.3, -0.25) is 0 Å². The fourth-order valence-corrected chi connectivity index (χ4v) is 1.30. The van der Waals surface area contributed by atoms with Crippen LogP contribution in [0.15, 0.2) is 18.2 Å². The van der Waals surface area contributed by atoms with Gasteiger partial charge >= 0.3 is 0 Å². The first-order valence-electron chi connectivity index (χ1n) is 3.63. The summed E-state index contributed by atoms with van der Waals surface area (Å²) in [6, 6.07) is 5.90. The molecule has 1 aromatic carbocycles. The third-order valence-corrected chi connectivity index (χ3v) is 1.99. The van der Waals surface area contributed by atoms with E-state index in [9.17, 15) is 0 Å². The molecule has 0 heterocycles. The summed E-state index contributed by atoms with van der Waals surface area (Å²) in [5.74, 6) is 0. The maximum absolute atomic E-state index is 5.91. The summed E-state index contributed by atoms with van der Waals surface area (Å²) < 4.78 is 0. The number of benzene rings is 1. The van der Waals surface area contributed by atoms with Crippen molar-refractivity contribution in [1.82, 2.24) is 0 Å². The van der Waals surface area contributed by atoms with Crippen LogP contribution < -0.4 is 5.73 Å². The molecule has 0 aliphatic rings. The molecule has 0 unspecified atom stereocenters. The van der Waals surface area contributed by atoms with E-state index in [4.69, 9.17) is 17.3 Å². The average molecular weight is 170 g/mol. The largest absolute Gasteiger partial charge is 0.324 e. The third-order valence-electron chi connectivity index (χ3n) is 1.64. The molecule has 2 N–H and O–H groups in total. The van der Waals surface area contributed by atoms with E-state index in [0.29, 0.717) is 0 Å². The minimum absolute atomic E-state index is 0.0161. The van der Waals surface area contributed by atoms with Gasteiger partial charge in [0.25, 0.3) is 0 Å². The Hall–Kier alpha value is -0.530. The summed E-state index contributed by atoms with van der Waals surface area (Å²) in [7, 11) is 0. The standard InChI is InChI=1S/C9H12ClN/c1-6-3-4-9(10)8(5-6)7(2)11/h3-5,7H,11H2,1-2H3/t7-/m1/s1. The number of hydrogen-bond acceptors (Lipinski definition) is 1. The van der Waals surface area contributed by atoms with Crippen molar-refractivity contribution in [3.05, 3.63) is 34.3 Å². The molecule has 1 atom stereocenters. The molecular weight excluding hydrogens is 158 g/mol. The second-order valence-corrected chi connectivity index (χ2v) is 3.22. The number of rotatable bonds is 1. The second kappa shape index (κ2) is 3.24. The topological polar surface area (TPSA) is 26.0 Å². The molecule has 11 heavy (non-hydrogen) atoms. The Morgan fingerprint density at radius 3 is 2.55 bits per heavy atom. The van der Waals surface area contributed by atoms with Crippen molar-refractivity contribution in [2.45, 2.75) is 19.9 Å². The minimum atomic E-state index is 0.0161. The second-order valence-electron chi connectivity index (χ2n) is 2.81. The summed E-state index contributed by atoms with van der Waals surface area (Å²) in [5.41, 5.74) is 7.92. The molecule has 0 fully saturated rings. The van der Waals surface area contributed by atoms with Crippen LogP contribution in [0, 0.1) is 6.92 Å². The molecule has 1 nitrogen and oxygen atoms in total. The van der Waals surface area contributed by atoms with Crippen molar-refractivity contribution in [2.75, 3.05) is 0 Å². The van der Waals surface area contributed by atoms with E-state index in [0.717, 1.165) is 10.6 Å².